The van der Waals surface area contributed by atoms with Crippen molar-refractivity contribution in [3.05, 3.63) is 72.6 Å². The number of nitrogens with zero attached hydrogens (tertiary/aromatic N) is 3. The van der Waals surface area contributed by atoms with Gasteiger partial charge < -0.3 is 10.5 Å². The van der Waals surface area contributed by atoms with Crippen LogP contribution in [0.1, 0.15) is 19.4 Å². The molecule has 1 unspecified atom stereocenters. The van der Waals surface area contributed by atoms with Gasteiger partial charge in [0.05, 0.1) is 0 Å². The molecule has 1 aliphatic heterocycles. The van der Waals surface area contributed by atoms with Crippen molar-refractivity contribution in [2.75, 3.05) is 10.6 Å². The van der Waals surface area contributed by atoms with E-state index in [0.29, 0.717) is 0 Å². The molecule has 2 N–H and O–H groups in total. The molecule has 0 radical (unpaired) electrons. The Morgan fingerprint density at radius 2 is 1.63 bits per heavy atom. The van der Waals surface area contributed by atoms with Crippen LogP contribution in [0.25, 0.3) is 11.1 Å². The third-order valence-corrected chi connectivity index (χ3v) is 5.21. The normalized spacial score (nSPS) is 21.9. The first kappa shape index (κ1) is 17.0. The minimum atomic E-state index is -0.593. The maximum Gasteiger partial charge on any atom is 0.415 e. The van der Waals surface area contributed by atoms with E-state index in [-0.39, 0.29) is 18.1 Å². The van der Waals surface area contributed by atoms with E-state index >= 15 is 0 Å². The lowest BCUT2D eigenvalue weighted by molar-refractivity contribution is 0.125. The molecule has 27 heavy (non-hydrogen) atoms. The summed E-state index contributed by atoms with van der Waals surface area (Å²) in [6.07, 6.45) is 2.73. The molecule has 0 saturated carbocycles. The molecule has 6 heteroatoms. The van der Waals surface area contributed by atoms with Crippen molar-refractivity contribution >= 4 is 17.7 Å². The number of amides is 1. The molecule has 3 aromatic rings. The fraction of sp³-hybridized carbons (Fsp3) is 0.190. The van der Waals surface area contributed by atoms with Crippen LogP contribution in [0.4, 0.5) is 16.4 Å². The van der Waals surface area contributed by atoms with Crippen LogP contribution in [-0.4, -0.2) is 22.2 Å². The van der Waals surface area contributed by atoms with Gasteiger partial charge in [-0.15, -0.1) is 0 Å². The number of carbonyl (C=O) groups is 1. The van der Waals surface area contributed by atoms with Crippen LogP contribution >= 0.6 is 0 Å². The van der Waals surface area contributed by atoms with Gasteiger partial charge in [-0.2, -0.15) is 0 Å². The molecule has 1 amide bonds. The number of aromatic nitrogens is 2. The molecule has 1 saturated heterocycles. The summed E-state index contributed by atoms with van der Waals surface area (Å²) >= 11 is 0. The molecule has 136 valence electrons. The Bertz CT molecular complexity index is 958. The molecule has 4 rings (SSSR count). The van der Waals surface area contributed by atoms with Crippen LogP contribution in [0, 0.1) is 0 Å². The van der Waals surface area contributed by atoms with Crippen molar-refractivity contribution in [2.45, 2.75) is 25.5 Å². The van der Waals surface area contributed by atoms with E-state index in [1.165, 1.54) is 0 Å². The fourth-order valence-corrected chi connectivity index (χ4v) is 3.49. The van der Waals surface area contributed by atoms with Crippen molar-refractivity contribution in [3.8, 4) is 11.1 Å². The second-order valence-corrected chi connectivity index (χ2v) is 6.75. The monoisotopic (exact) mass is 360 g/mol. The molecule has 2 atom stereocenters. The Labute approximate surface area is 157 Å². The van der Waals surface area contributed by atoms with E-state index in [4.69, 9.17) is 10.5 Å². The highest BCUT2D eigenvalue weighted by atomic mass is 16.6. The van der Waals surface area contributed by atoms with E-state index in [1.807, 2.05) is 68.4 Å². The van der Waals surface area contributed by atoms with E-state index in [1.54, 1.807) is 17.3 Å². The molecule has 0 aliphatic carbocycles. The second-order valence-electron chi connectivity index (χ2n) is 6.75. The number of benzene rings is 2. The molecular formula is C21H20N4O2. The van der Waals surface area contributed by atoms with Gasteiger partial charge >= 0.3 is 6.09 Å². The average molecular weight is 360 g/mol. The van der Waals surface area contributed by atoms with Gasteiger partial charge in [0.25, 0.3) is 0 Å². The van der Waals surface area contributed by atoms with Gasteiger partial charge in [-0.25, -0.2) is 14.8 Å². The number of cyclic esters (lactones) is 1. The summed E-state index contributed by atoms with van der Waals surface area (Å²) in [5.74, 6) is 0.239. The van der Waals surface area contributed by atoms with Crippen LogP contribution in [-0.2, 0) is 10.3 Å². The Morgan fingerprint density at radius 3 is 2.26 bits per heavy atom. The summed E-state index contributed by atoms with van der Waals surface area (Å²) in [6, 6.07) is 17.6. The number of hydrogen-bond donors (Lipinski definition) is 1. The van der Waals surface area contributed by atoms with Crippen molar-refractivity contribution in [3.63, 3.8) is 0 Å². The van der Waals surface area contributed by atoms with E-state index in [0.717, 1.165) is 22.4 Å². The summed E-state index contributed by atoms with van der Waals surface area (Å²) in [5, 5.41) is 0. The van der Waals surface area contributed by atoms with Crippen molar-refractivity contribution in [2.24, 2.45) is 0 Å². The number of ether oxygens (including phenoxy) is 1. The largest absolute Gasteiger partial charge is 0.443 e. The third kappa shape index (κ3) is 2.79. The van der Waals surface area contributed by atoms with E-state index in [2.05, 4.69) is 9.97 Å². The maximum atomic E-state index is 12.6. The minimum Gasteiger partial charge on any atom is -0.443 e. The van der Waals surface area contributed by atoms with Gasteiger partial charge in [-0.05, 0) is 37.1 Å². The lowest BCUT2D eigenvalue weighted by Gasteiger charge is -2.35. The first-order valence-electron chi connectivity index (χ1n) is 8.74. The predicted molar refractivity (Wildman–Crippen MR) is 104 cm³/mol. The molecule has 6 nitrogen and oxygen atoms in total. The van der Waals surface area contributed by atoms with E-state index in [9.17, 15) is 4.79 Å². The number of hydrogen-bond acceptors (Lipinski definition) is 5. The first-order valence-corrected chi connectivity index (χ1v) is 8.74. The molecule has 1 aliphatic rings. The number of nitrogen functional groups attached to an aromatic ring is 1. The van der Waals surface area contributed by atoms with Gasteiger partial charge in [-0.1, -0.05) is 42.5 Å². The lowest BCUT2D eigenvalue weighted by atomic mass is 9.86. The maximum absolute atomic E-state index is 12.6. The van der Waals surface area contributed by atoms with Crippen LogP contribution < -0.4 is 10.6 Å². The second kappa shape index (κ2) is 6.39. The highest BCUT2D eigenvalue weighted by Gasteiger charge is 2.51. The quantitative estimate of drug-likeness (QED) is 0.764. The zero-order chi connectivity index (χ0) is 19.0. The molecular weight excluding hydrogens is 340 g/mol. The summed E-state index contributed by atoms with van der Waals surface area (Å²) in [5.41, 5.74) is 8.56. The minimum absolute atomic E-state index is 0.239. The van der Waals surface area contributed by atoms with Gasteiger partial charge in [0.1, 0.15) is 11.6 Å². The van der Waals surface area contributed by atoms with Crippen LogP contribution in [0.2, 0.25) is 0 Å². The van der Waals surface area contributed by atoms with Gasteiger partial charge in [0, 0.05) is 23.6 Å². The van der Waals surface area contributed by atoms with Gasteiger partial charge in [0.2, 0.25) is 5.95 Å². The van der Waals surface area contributed by atoms with Gasteiger partial charge in [0.15, 0.2) is 0 Å². The molecule has 2 aromatic carbocycles. The number of nitrogens with two attached hydrogens (primary N) is 1. The third-order valence-electron chi connectivity index (χ3n) is 5.21. The molecule has 1 aromatic heterocycles. The highest BCUT2D eigenvalue weighted by molar-refractivity contribution is 5.92. The standard InChI is InChI=1S/C21H20N4O2/c1-14-21(2,17-6-4-3-5-7-17)25(20(26)27-14)18-10-8-15(9-11-18)16-12-23-19(22)24-13-16/h3-14H,1-2H3,(H2,22,23,24)/t14?,21-/m1/s1. The predicted octanol–water partition coefficient (Wildman–Crippen LogP) is 3.99. The fourth-order valence-electron chi connectivity index (χ4n) is 3.49. The Kier molecular flexibility index (Phi) is 4.03. The molecule has 1 fully saturated rings. The molecule has 0 spiro atoms. The lowest BCUT2D eigenvalue weighted by Crippen LogP contribution is -2.45. The molecule has 2 heterocycles. The summed E-state index contributed by atoms with van der Waals surface area (Å²) in [6.45, 7) is 3.95. The zero-order valence-corrected chi connectivity index (χ0v) is 15.2. The number of carbonyl (C=O) groups excluding carboxylic acids is 1. The highest BCUT2D eigenvalue weighted by Crippen LogP contribution is 2.42. The Balaban J connectivity index is 1.72. The Morgan fingerprint density at radius 1 is 1.00 bits per heavy atom. The molecule has 0 bridgehead atoms. The van der Waals surface area contributed by atoms with Crippen LogP contribution in [0.5, 0.6) is 0 Å². The van der Waals surface area contributed by atoms with E-state index < -0.39 is 5.54 Å². The van der Waals surface area contributed by atoms with Crippen LogP contribution in [0.3, 0.4) is 0 Å². The number of rotatable bonds is 3. The van der Waals surface area contributed by atoms with Crippen molar-refractivity contribution in [1.29, 1.82) is 0 Å². The summed E-state index contributed by atoms with van der Waals surface area (Å²) < 4.78 is 5.58. The zero-order valence-electron chi connectivity index (χ0n) is 15.2. The van der Waals surface area contributed by atoms with Crippen molar-refractivity contribution < 1.29 is 9.53 Å². The summed E-state index contributed by atoms with van der Waals surface area (Å²) in [7, 11) is 0. The smallest absolute Gasteiger partial charge is 0.415 e. The number of anilines is 2. The van der Waals surface area contributed by atoms with Crippen LogP contribution in [0.15, 0.2) is 67.0 Å². The topological polar surface area (TPSA) is 81.3 Å². The van der Waals surface area contributed by atoms with Crippen molar-refractivity contribution in [1.82, 2.24) is 9.97 Å². The Hall–Kier alpha value is -3.41. The average Bonchev–Trinajstić information content (AvgIpc) is 2.93. The summed E-state index contributed by atoms with van der Waals surface area (Å²) in [4.78, 5) is 22.4. The first-order chi connectivity index (χ1) is 13.0. The van der Waals surface area contributed by atoms with Gasteiger partial charge in [-0.3, -0.25) is 4.90 Å². The SMILES string of the molecule is CC1OC(=O)N(c2ccc(-c3cnc(N)nc3)cc2)[C@@]1(C)c1ccccc1.